The number of aliphatic hydroxyl groups excluding tert-OH is 1. The number of sulfonamides is 1. The van der Waals surface area contributed by atoms with Crippen LogP contribution >= 0.6 is 0 Å². The Hall–Kier alpha value is -0.130. The minimum atomic E-state index is -3.15. The second-order valence-electron chi connectivity index (χ2n) is 4.03. The van der Waals surface area contributed by atoms with Crippen molar-refractivity contribution in [2.75, 3.05) is 18.9 Å². The van der Waals surface area contributed by atoms with Crippen LogP contribution in [0, 0.1) is 5.41 Å². The molecule has 5 heteroatoms. The first kappa shape index (κ1) is 10.9. The highest BCUT2D eigenvalue weighted by molar-refractivity contribution is 7.89. The zero-order chi connectivity index (χ0) is 9.95. The molecular weight excluding hydrogens is 190 g/mol. The summed E-state index contributed by atoms with van der Waals surface area (Å²) in [6.07, 6.45) is 2.52. The topological polar surface area (TPSA) is 66.4 Å². The first-order valence-corrected chi connectivity index (χ1v) is 6.21. The van der Waals surface area contributed by atoms with E-state index in [-0.39, 0.29) is 17.8 Å². The van der Waals surface area contributed by atoms with Crippen molar-refractivity contribution in [1.29, 1.82) is 0 Å². The van der Waals surface area contributed by atoms with Crippen LogP contribution in [0.15, 0.2) is 0 Å². The van der Waals surface area contributed by atoms with Gasteiger partial charge in [-0.3, -0.25) is 0 Å². The molecule has 0 radical (unpaired) electrons. The third kappa shape index (κ3) is 4.06. The van der Waals surface area contributed by atoms with Crippen molar-refractivity contribution in [2.45, 2.75) is 26.2 Å². The van der Waals surface area contributed by atoms with Gasteiger partial charge in [0, 0.05) is 13.2 Å². The van der Waals surface area contributed by atoms with Gasteiger partial charge < -0.3 is 5.11 Å². The Morgan fingerprint density at radius 3 is 2.54 bits per heavy atom. The zero-order valence-electron chi connectivity index (χ0n) is 7.91. The van der Waals surface area contributed by atoms with E-state index in [0.717, 1.165) is 12.8 Å². The number of aliphatic hydroxyl groups is 1. The highest BCUT2D eigenvalue weighted by Crippen LogP contribution is 2.44. The molecule has 0 aromatic rings. The Kier molecular flexibility index (Phi) is 3.32. The van der Waals surface area contributed by atoms with E-state index in [1.165, 1.54) is 0 Å². The fourth-order valence-corrected chi connectivity index (χ4v) is 2.22. The van der Waals surface area contributed by atoms with Crippen LogP contribution in [0.3, 0.4) is 0 Å². The van der Waals surface area contributed by atoms with Crippen molar-refractivity contribution >= 4 is 10.0 Å². The van der Waals surface area contributed by atoms with Crippen molar-refractivity contribution in [1.82, 2.24) is 4.72 Å². The summed E-state index contributed by atoms with van der Waals surface area (Å²) in [5, 5.41) is 8.48. The van der Waals surface area contributed by atoms with Gasteiger partial charge in [-0.2, -0.15) is 0 Å². The Morgan fingerprint density at radius 1 is 1.46 bits per heavy atom. The van der Waals surface area contributed by atoms with Gasteiger partial charge in [-0.05, 0) is 24.7 Å². The van der Waals surface area contributed by atoms with Gasteiger partial charge in [-0.25, -0.2) is 13.1 Å². The average Bonchev–Trinajstić information content (AvgIpc) is 2.79. The number of rotatable bonds is 6. The Balaban J connectivity index is 2.25. The second-order valence-corrected chi connectivity index (χ2v) is 5.95. The van der Waals surface area contributed by atoms with Crippen LogP contribution < -0.4 is 4.72 Å². The van der Waals surface area contributed by atoms with Gasteiger partial charge in [0.1, 0.15) is 0 Å². The Labute approximate surface area is 79.4 Å². The van der Waals surface area contributed by atoms with E-state index in [1.807, 2.05) is 0 Å². The molecule has 0 unspecified atom stereocenters. The van der Waals surface area contributed by atoms with Crippen molar-refractivity contribution < 1.29 is 13.5 Å². The summed E-state index contributed by atoms with van der Waals surface area (Å²) >= 11 is 0. The molecule has 0 heterocycles. The van der Waals surface area contributed by atoms with Crippen LogP contribution in [-0.2, 0) is 10.0 Å². The maximum absolute atomic E-state index is 11.2. The largest absolute Gasteiger partial charge is 0.396 e. The third-order valence-electron chi connectivity index (χ3n) is 2.39. The lowest BCUT2D eigenvalue weighted by Crippen LogP contribution is -2.31. The molecule has 1 aliphatic carbocycles. The van der Waals surface area contributed by atoms with Gasteiger partial charge in [0.25, 0.3) is 0 Å². The van der Waals surface area contributed by atoms with Crippen LogP contribution in [0.1, 0.15) is 26.2 Å². The molecule has 0 aromatic carbocycles. The van der Waals surface area contributed by atoms with E-state index in [9.17, 15) is 8.42 Å². The Morgan fingerprint density at radius 2 is 2.08 bits per heavy atom. The number of nitrogens with one attached hydrogen (secondary N) is 1. The van der Waals surface area contributed by atoms with Crippen molar-refractivity contribution in [3.63, 3.8) is 0 Å². The predicted octanol–water partition coefficient (Wildman–Crippen LogP) is 0.0883. The van der Waals surface area contributed by atoms with E-state index < -0.39 is 10.0 Å². The SMILES string of the molecule is CC1(CNS(=O)(=O)CCCO)CC1. The second kappa shape index (κ2) is 3.94. The highest BCUT2D eigenvalue weighted by Gasteiger charge is 2.37. The van der Waals surface area contributed by atoms with Crippen molar-refractivity contribution in [3.05, 3.63) is 0 Å². The molecule has 1 saturated carbocycles. The maximum atomic E-state index is 11.2. The van der Waals surface area contributed by atoms with E-state index >= 15 is 0 Å². The fraction of sp³-hybridized carbons (Fsp3) is 1.00. The molecule has 2 N–H and O–H groups in total. The van der Waals surface area contributed by atoms with Gasteiger partial charge in [0.2, 0.25) is 10.0 Å². The summed E-state index contributed by atoms with van der Waals surface area (Å²) in [4.78, 5) is 0. The zero-order valence-corrected chi connectivity index (χ0v) is 8.73. The summed E-state index contributed by atoms with van der Waals surface area (Å²) in [6, 6.07) is 0. The first-order valence-electron chi connectivity index (χ1n) is 4.56. The predicted molar refractivity (Wildman–Crippen MR) is 50.8 cm³/mol. The van der Waals surface area contributed by atoms with Gasteiger partial charge in [-0.15, -0.1) is 0 Å². The molecule has 1 fully saturated rings. The van der Waals surface area contributed by atoms with E-state index in [0.29, 0.717) is 13.0 Å². The van der Waals surface area contributed by atoms with Crippen molar-refractivity contribution in [3.8, 4) is 0 Å². The summed E-state index contributed by atoms with van der Waals surface area (Å²) in [5.41, 5.74) is 0.201. The van der Waals surface area contributed by atoms with Crippen molar-refractivity contribution in [2.24, 2.45) is 5.41 Å². The molecule has 0 spiro atoms. The minimum Gasteiger partial charge on any atom is -0.396 e. The molecule has 0 saturated heterocycles. The van der Waals surface area contributed by atoms with Crippen LogP contribution in [0.4, 0.5) is 0 Å². The summed E-state index contributed by atoms with van der Waals surface area (Å²) in [7, 11) is -3.15. The first-order chi connectivity index (χ1) is 5.97. The van der Waals surface area contributed by atoms with Gasteiger partial charge in [0.05, 0.1) is 5.75 Å². The molecule has 0 aliphatic heterocycles. The minimum absolute atomic E-state index is 0.0274. The van der Waals surface area contributed by atoms with E-state index in [4.69, 9.17) is 5.11 Å². The van der Waals surface area contributed by atoms with Crippen LogP contribution in [-0.4, -0.2) is 32.4 Å². The molecule has 4 nitrogen and oxygen atoms in total. The molecular formula is C8H17NO3S. The lowest BCUT2D eigenvalue weighted by Gasteiger charge is -2.09. The fourth-order valence-electron chi connectivity index (χ4n) is 1.00. The van der Waals surface area contributed by atoms with Crippen LogP contribution in [0.25, 0.3) is 0 Å². The molecule has 1 rings (SSSR count). The Bertz CT molecular complexity index is 257. The standard InChI is InChI=1S/C8H17NO3S/c1-8(3-4-8)7-9-13(11,12)6-2-5-10/h9-10H,2-7H2,1H3. The average molecular weight is 207 g/mol. The van der Waals surface area contributed by atoms with Crippen LogP contribution in [0.5, 0.6) is 0 Å². The molecule has 0 bridgehead atoms. The third-order valence-corrected chi connectivity index (χ3v) is 3.80. The molecule has 13 heavy (non-hydrogen) atoms. The lowest BCUT2D eigenvalue weighted by atomic mass is 10.2. The molecule has 0 amide bonds. The van der Waals surface area contributed by atoms with E-state index in [1.54, 1.807) is 0 Å². The molecule has 78 valence electrons. The smallest absolute Gasteiger partial charge is 0.211 e. The quantitative estimate of drug-likeness (QED) is 0.648. The number of hydrogen-bond acceptors (Lipinski definition) is 3. The summed E-state index contributed by atoms with van der Waals surface area (Å²) < 4.78 is 25.0. The summed E-state index contributed by atoms with van der Waals surface area (Å²) in [5.74, 6) is 0.0274. The molecule has 0 aromatic heterocycles. The van der Waals surface area contributed by atoms with Gasteiger partial charge >= 0.3 is 0 Å². The molecule has 1 aliphatic rings. The monoisotopic (exact) mass is 207 g/mol. The lowest BCUT2D eigenvalue weighted by molar-refractivity contribution is 0.295. The highest BCUT2D eigenvalue weighted by atomic mass is 32.2. The van der Waals surface area contributed by atoms with E-state index in [2.05, 4.69) is 11.6 Å². The maximum Gasteiger partial charge on any atom is 0.211 e. The number of hydrogen-bond donors (Lipinski definition) is 2. The normalized spacial score (nSPS) is 20.2. The molecule has 0 atom stereocenters. The van der Waals surface area contributed by atoms with Gasteiger partial charge in [0.15, 0.2) is 0 Å². The van der Waals surface area contributed by atoms with Crippen LogP contribution in [0.2, 0.25) is 0 Å². The van der Waals surface area contributed by atoms with Gasteiger partial charge in [-0.1, -0.05) is 6.92 Å². The summed E-state index contributed by atoms with van der Waals surface area (Å²) in [6.45, 7) is 2.54.